The third-order valence-corrected chi connectivity index (χ3v) is 2.17. The Balaban J connectivity index is 2.02. The molecule has 0 saturated carbocycles. The number of aromatic nitrogens is 7. The molecular weight excluding hydrogens is 248 g/mol. The average Bonchev–Trinajstić information content (AvgIpc) is 2.88. The summed E-state index contributed by atoms with van der Waals surface area (Å²) in [7, 11) is 0. The Morgan fingerprint density at radius 2 is 1.95 bits per heavy atom. The Labute approximate surface area is 107 Å². The zero-order chi connectivity index (χ0) is 13.2. The number of anilines is 1. The second kappa shape index (κ2) is 4.37. The second-order valence-corrected chi connectivity index (χ2v) is 3.58. The molecule has 0 bridgehead atoms. The van der Waals surface area contributed by atoms with Crippen LogP contribution < -0.4 is 5.73 Å². The fraction of sp³-hybridized carbons (Fsp3) is 0.100. The first kappa shape index (κ1) is 11.1. The van der Waals surface area contributed by atoms with Crippen molar-refractivity contribution in [1.82, 2.24) is 35.1 Å². The van der Waals surface area contributed by atoms with Crippen molar-refractivity contribution in [3.05, 3.63) is 24.4 Å². The molecule has 19 heavy (non-hydrogen) atoms. The maximum Gasteiger partial charge on any atom is 0.278 e. The summed E-state index contributed by atoms with van der Waals surface area (Å²) in [5.41, 5.74) is 6.02. The lowest BCUT2D eigenvalue weighted by Gasteiger charge is -1.96. The van der Waals surface area contributed by atoms with Crippen LogP contribution in [0.5, 0.6) is 0 Å². The smallest absolute Gasteiger partial charge is 0.278 e. The van der Waals surface area contributed by atoms with Gasteiger partial charge in [0.05, 0.1) is 6.20 Å². The monoisotopic (exact) mass is 256 g/mol. The molecule has 9 nitrogen and oxygen atoms in total. The quantitative estimate of drug-likeness (QED) is 0.686. The summed E-state index contributed by atoms with van der Waals surface area (Å²) >= 11 is 0. The lowest BCUT2D eigenvalue weighted by molar-refractivity contribution is 0.430. The van der Waals surface area contributed by atoms with Crippen molar-refractivity contribution in [3.8, 4) is 23.2 Å². The average molecular weight is 256 g/mol. The van der Waals surface area contributed by atoms with E-state index in [1.165, 1.54) is 12.4 Å². The van der Waals surface area contributed by atoms with Crippen LogP contribution in [0.15, 0.2) is 23.1 Å². The zero-order valence-corrected chi connectivity index (χ0v) is 9.85. The van der Waals surface area contributed by atoms with Gasteiger partial charge < -0.3 is 10.3 Å². The number of aryl methyl sites for hydroxylation is 1. The highest BCUT2D eigenvalue weighted by molar-refractivity contribution is 5.51. The molecule has 3 aromatic rings. The first-order valence-corrected chi connectivity index (χ1v) is 5.31. The van der Waals surface area contributed by atoms with E-state index in [1.807, 2.05) is 0 Å². The minimum atomic E-state index is 0.105. The van der Waals surface area contributed by atoms with E-state index >= 15 is 0 Å². The van der Waals surface area contributed by atoms with E-state index in [9.17, 15) is 0 Å². The lowest BCUT2D eigenvalue weighted by atomic mass is 10.4. The summed E-state index contributed by atoms with van der Waals surface area (Å²) in [5.74, 6) is 1.29. The van der Waals surface area contributed by atoms with Crippen LogP contribution in [0.25, 0.3) is 23.2 Å². The van der Waals surface area contributed by atoms with Gasteiger partial charge in [-0.25, -0.2) is 9.97 Å². The van der Waals surface area contributed by atoms with Gasteiger partial charge in [0.1, 0.15) is 11.5 Å². The number of hydrogen-bond donors (Lipinski definition) is 1. The van der Waals surface area contributed by atoms with Gasteiger partial charge in [-0.1, -0.05) is 5.16 Å². The summed E-state index contributed by atoms with van der Waals surface area (Å²) in [5, 5.41) is 3.78. The topological polar surface area (TPSA) is 129 Å². The molecule has 0 aliphatic rings. The molecule has 0 saturated heterocycles. The van der Waals surface area contributed by atoms with Crippen molar-refractivity contribution in [2.45, 2.75) is 6.92 Å². The van der Waals surface area contributed by atoms with Crippen molar-refractivity contribution >= 4 is 5.95 Å². The summed E-state index contributed by atoms with van der Waals surface area (Å²) in [6.07, 6.45) is 4.60. The molecule has 2 N–H and O–H groups in total. The maximum atomic E-state index is 5.54. The third kappa shape index (κ3) is 2.20. The zero-order valence-electron chi connectivity index (χ0n) is 9.85. The number of nitrogens with zero attached hydrogens (tertiary/aromatic N) is 7. The van der Waals surface area contributed by atoms with Crippen molar-refractivity contribution in [1.29, 1.82) is 0 Å². The highest BCUT2D eigenvalue weighted by Crippen LogP contribution is 2.17. The van der Waals surface area contributed by atoms with Gasteiger partial charge in [-0.05, 0) is 6.92 Å². The normalized spacial score (nSPS) is 10.6. The molecule has 3 heterocycles. The van der Waals surface area contributed by atoms with Gasteiger partial charge in [-0.3, -0.25) is 4.98 Å². The summed E-state index contributed by atoms with van der Waals surface area (Å²) in [4.78, 5) is 24.0. The Bertz CT molecular complexity index is 690. The van der Waals surface area contributed by atoms with Crippen molar-refractivity contribution in [2.75, 3.05) is 5.73 Å². The van der Waals surface area contributed by atoms with Crippen LogP contribution in [0, 0.1) is 6.92 Å². The number of rotatable bonds is 2. The van der Waals surface area contributed by atoms with Gasteiger partial charge in [0.2, 0.25) is 17.6 Å². The molecule has 0 amide bonds. The van der Waals surface area contributed by atoms with E-state index < -0.39 is 0 Å². The van der Waals surface area contributed by atoms with Crippen molar-refractivity contribution < 1.29 is 4.52 Å². The predicted octanol–water partition coefficient (Wildman–Crippen LogP) is 0.269. The molecule has 9 heteroatoms. The molecule has 0 unspecified atom stereocenters. The van der Waals surface area contributed by atoms with Gasteiger partial charge in [0, 0.05) is 12.4 Å². The van der Waals surface area contributed by atoms with Crippen LogP contribution in [0.1, 0.15) is 5.82 Å². The molecule has 0 atom stereocenters. The van der Waals surface area contributed by atoms with E-state index in [2.05, 4.69) is 35.1 Å². The number of nitrogen functional groups attached to an aromatic ring is 1. The van der Waals surface area contributed by atoms with Crippen LogP contribution in [-0.4, -0.2) is 35.1 Å². The minimum absolute atomic E-state index is 0.105. The summed E-state index contributed by atoms with van der Waals surface area (Å²) < 4.78 is 5.08. The third-order valence-electron chi connectivity index (χ3n) is 2.17. The van der Waals surface area contributed by atoms with E-state index in [0.29, 0.717) is 11.5 Å². The van der Waals surface area contributed by atoms with Gasteiger partial charge in [-0.15, -0.1) is 0 Å². The maximum absolute atomic E-state index is 5.54. The molecule has 0 aliphatic carbocycles. The Hall–Kier alpha value is -2.97. The largest absolute Gasteiger partial charge is 0.368 e. The fourth-order valence-electron chi connectivity index (χ4n) is 1.43. The van der Waals surface area contributed by atoms with E-state index in [1.54, 1.807) is 13.1 Å². The Morgan fingerprint density at radius 1 is 1.05 bits per heavy atom. The van der Waals surface area contributed by atoms with E-state index in [4.69, 9.17) is 10.3 Å². The second-order valence-electron chi connectivity index (χ2n) is 3.58. The van der Waals surface area contributed by atoms with Crippen molar-refractivity contribution in [2.24, 2.45) is 0 Å². The highest BCUT2D eigenvalue weighted by Gasteiger charge is 2.14. The van der Waals surface area contributed by atoms with Crippen LogP contribution in [0.2, 0.25) is 0 Å². The molecule has 0 fully saturated rings. The first-order chi connectivity index (χ1) is 9.22. The van der Waals surface area contributed by atoms with Crippen LogP contribution in [0.3, 0.4) is 0 Å². The number of hydrogen-bond acceptors (Lipinski definition) is 9. The Kier molecular flexibility index (Phi) is 2.56. The fourth-order valence-corrected chi connectivity index (χ4v) is 1.43. The summed E-state index contributed by atoms with van der Waals surface area (Å²) in [6.45, 7) is 1.70. The highest BCUT2D eigenvalue weighted by atomic mass is 16.5. The molecule has 0 aliphatic heterocycles. The van der Waals surface area contributed by atoms with Crippen LogP contribution in [-0.2, 0) is 0 Å². The molecular formula is C10H8N8O. The molecule has 94 valence electrons. The van der Waals surface area contributed by atoms with Gasteiger partial charge >= 0.3 is 0 Å². The molecule has 3 aromatic heterocycles. The van der Waals surface area contributed by atoms with E-state index in [-0.39, 0.29) is 23.5 Å². The number of nitrogens with two attached hydrogens (primary N) is 1. The molecule has 0 radical (unpaired) electrons. The predicted molar refractivity (Wildman–Crippen MR) is 63.3 cm³/mol. The summed E-state index contributed by atoms with van der Waals surface area (Å²) in [6, 6.07) is 0. The van der Waals surface area contributed by atoms with Crippen LogP contribution >= 0.6 is 0 Å². The van der Waals surface area contributed by atoms with Gasteiger partial charge in [0.25, 0.3) is 5.89 Å². The lowest BCUT2D eigenvalue weighted by Crippen LogP contribution is -2.02. The standard InChI is InChI=1S/C10H8N8O/c1-5-14-7(17-10(11)15-5)8-16-9(19-18-8)6-4-12-2-3-13-6/h2-4H,1H3,(H2,11,14,15,17). The van der Waals surface area contributed by atoms with Crippen molar-refractivity contribution in [3.63, 3.8) is 0 Å². The molecule has 0 spiro atoms. The minimum Gasteiger partial charge on any atom is -0.368 e. The van der Waals surface area contributed by atoms with Crippen LogP contribution in [0.4, 0.5) is 5.95 Å². The van der Waals surface area contributed by atoms with Gasteiger partial charge in [-0.2, -0.15) is 15.0 Å². The van der Waals surface area contributed by atoms with E-state index in [0.717, 1.165) is 0 Å². The SMILES string of the molecule is Cc1nc(N)nc(-c2noc(-c3cnccn3)n2)n1. The Morgan fingerprint density at radius 3 is 2.68 bits per heavy atom. The molecule has 3 rings (SSSR count). The first-order valence-electron chi connectivity index (χ1n) is 5.31. The molecule has 0 aromatic carbocycles. The van der Waals surface area contributed by atoms with Gasteiger partial charge in [0.15, 0.2) is 0 Å².